The van der Waals surface area contributed by atoms with E-state index in [0.29, 0.717) is 5.56 Å². The van der Waals surface area contributed by atoms with Crippen LogP contribution in [0.5, 0.6) is 0 Å². The molecule has 0 heterocycles. The lowest BCUT2D eigenvalue weighted by Gasteiger charge is -1.97. The summed E-state index contributed by atoms with van der Waals surface area (Å²) in [4.78, 5) is 10.4. The lowest BCUT2D eigenvalue weighted by molar-refractivity contribution is -0.113. The van der Waals surface area contributed by atoms with Crippen LogP contribution in [0.4, 0.5) is 4.39 Å². The van der Waals surface area contributed by atoms with Crippen LogP contribution in [0.15, 0.2) is 24.3 Å². The molecule has 0 atom stereocenters. The van der Waals surface area contributed by atoms with Gasteiger partial charge in [-0.15, -0.1) is 0 Å². The first-order valence-corrected chi connectivity index (χ1v) is 3.81. The van der Waals surface area contributed by atoms with Gasteiger partial charge >= 0.3 is 0 Å². The predicted octanol–water partition coefficient (Wildman–Crippen LogP) is 1.20. The van der Waals surface area contributed by atoms with E-state index in [-0.39, 0.29) is 5.56 Å². The van der Waals surface area contributed by atoms with E-state index in [9.17, 15) is 9.18 Å². The fraction of sp³-hybridized carbons (Fsp3) is 0. The maximum absolute atomic E-state index is 13.0. The van der Waals surface area contributed by atoms with Crippen molar-refractivity contribution in [3.8, 4) is 6.07 Å². The van der Waals surface area contributed by atoms with Gasteiger partial charge in [0.2, 0.25) is 5.91 Å². The van der Waals surface area contributed by atoms with Crippen molar-refractivity contribution >= 4 is 12.0 Å². The molecule has 1 amide bonds. The quantitative estimate of drug-likeness (QED) is 0.712. The van der Waals surface area contributed by atoms with Gasteiger partial charge in [-0.1, -0.05) is 12.1 Å². The molecule has 0 fully saturated rings. The van der Waals surface area contributed by atoms with Crippen LogP contribution in [0, 0.1) is 17.1 Å². The number of benzene rings is 1. The molecule has 1 aromatic rings. The number of carbonyl (C=O) groups excluding carboxylic acids is 1. The number of carbonyl (C=O) groups is 1. The first kappa shape index (κ1) is 9.93. The normalized spacial score (nSPS) is 10.0. The molecule has 0 unspecified atom stereocenters. The van der Waals surface area contributed by atoms with Crippen molar-refractivity contribution in [3.63, 3.8) is 0 Å². The van der Waals surface area contributed by atoms with Gasteiger partial charge in [0, 0.05) is 6.08 Å². The molecule has 0 saturated heterocycles. The maximum Gasteiger partial charge on any atom is 0.241 e. The molecular formula is C10H7FN2O. The monoisotopic (exact) mass is 190 g/mol. The lowest BCUT2D eigenvalue weighted by Crippen LogP contribution is -2.05. The Morgan fingerprint density at radius 1 is 1.57 bits per heavy atom. The van der Waals surface area contributed by atoms with Crippen molar-refractivity contribution in [2.75, 3.05) is 0 Å². The molecule has 0 aliphatic rings. The molecule has 2 N–H and O–H groups in total. The maximum atomic E-state index is 13.0. The van der Waals surface area contributed by atoms with E-state index < -0.39 is 11.7 Å². The number of amides is 1. The summed E-state index contributed by atoms with van der Waals surface area (Å²) in [6.45, 7) is 0. The van der Waals surface area contributed by atoms with E-state index in [1.165, 1.54) is 24.3 Å². The van der Waals surface area contributed by atoms with E-state index >= 15 is 0 Å². The Morgan fingerprint density at radius 2 is 2.29 bits per heavy atom. The topological polar surface area (TPSA) is 66.9 Å². The molecule has 0 bridgehead atoms. The van der Waals surface area contributed by atoms with Gasteiger partial charge in [0.25, 0.3) is 0 Å². The molecule has 14 heavy (non-hydrogen) atoms. The van der Waals surface area contributed by atoms with Crippen LogP contribution in [0.1, 0.15) is 11.1 Å². The molecule has 0 aliphatic carbocycles. The standard InChI is InChI=1S/C10H7FN2O/c11-9-3-1-2-7(8(9)6-12)4-5-10(13)14/h1-5H,(H2,13,14). The Morgan fingerprint density at radius 3 is 2.86 bits per heavy atom. The van der Waals surface area contributed by atoms with Crippen molar-refractivity contribution < 1.29 is 9.18 Å². The van der Waals surface area contributed by atoms with E-state index in [2.05, 4.69) is 0 Å². The number of rotatable bonds is 2. The van der Waals surface area contributed by atoms with Crippen molar-refractivity contribution in [1.29, 1.82) is 5.26 Å². The third-order valence-corrected chi connectivity index (χ3v) is 1.58. The van der Waals surface area contributed by atoms with Crippen molar-refractivity contribution in [2.45, 2.75) is 0 Å². The molecular weight excluding hydrogens is 183 g/mol. The smallest absolute Gasteiger partial charge is 0.241 e. The van der Waals surface area contributed by atoms with Gasteiger partial charge in [0.15, 0.2) is 0 Å². The minimum atomic E-state index is -0.641. The fourth-order valence-corrected chi connectivity index (χ4v) is 0.970. The number of nitriles is 1. The summed E-state index contributed by atoms with van der Waals surface area (Å²) in [5.74, 6) is -1.25. The SMILES string of the molecule is N#Cc1c(F)cccc1C=CC(N)=O. The zero-order chi connectivity index (χ0) is 10.6. The molecule has 1 aromatic carbocycles. The highest BCUT2D eigenvalue weighted by Crippen LogP contribution is 2.13. The second-order valence-corrected chi connectivity index (χ2v) is 2.55. The van der Waals surface area contributed by atoms with Gasteiger partial charge in [-0.3, -0.25) is 4.79 Å². The Balaban J connectivity index is 3.16. The third kappa shape index (κ3) is 2.17. The van der Waals surface area contributed by atoms with Crippen LogP contribution in [0.3, 0.4) is 0 Å². The molecule has 0 radical (unpaired) electrons. The number of primary amides is 1. The van der Waals surface area contributed by atoms with Crippen LogP contribution < -0.4 is 5.73 Å². The molecule has 4 heteroatoms. The van der Waals surface area contributed by atoms with Crippen LogP contribution in [0.25, 0.3) is 6.08 Å². The van der Waals surface area contributed by atoms with E-state index in [1.807, 2.05) is 0 Å². The number of halogens is 1. The number of hydrogen-bond acceptors (Lipinski definition) is 2. The van der Waals surface area contributed by atoms with E-state index in [4.69, 9.17) is 11.0 Å². The van der Waals surface area contributed by atoms with E-state index in [1.54, 1.807) is 6.07 Å². The Kier molecular flexibility index (Phi) is 2.97. The summed E-state index contributed by atoms with van der Waals surface area (Å²) in [7, 11) is 0. The summed E-state index contributed by atoms with van der Waals surface area (Å²) in [6, 6.07) is 5.87. The lowest BCUT2D eigenvalue weighted by atomic mass is 10.1. The summed E-state index contributed by atoms with van der Waals surface area (Å²) in [6.07, 6.45) is 2.39. The van der Waals surface area contributed by atoms with Gasteiger partial charge in [0.05, 0.1) is 5.56 Å². The number of nitrogens with zero attached hydrogens (tertiary/aromatic N) is 1. The molecule has 0 saturated carbocycles. The molecule has 0 aromatic heterocycles. The predicted molar refractivity (Wildman–Crippen MR) is 49.3 cm³/mol. The third-order valence-electron chi connectivity index (χ3n) is 1.58. The Labute approximate surface area is 80.3 Å². The first-order valence-electron chi connectivity index (χ1n) is 3.81. The van der Waals surface area contributed by atoms with Crippen molar-refractivity contribution in [2.24, 2.45) is 5.73 Å². The second kappa shape index (κ2) is 4.19. The van der Waals surface area contributed by atoms with Gasteiger partial charge in [-0.2, -0.15) is 5.26 Å². The zero-order valence-electron chi connectivity index (χ0n) is 7.20. The molecule has 0 aliphatic heterocycles. The Hall–Kier alpha value is -2.15. The second-order valence-electron chi connectivity index (χ2n) is 2.55. The number of hydrogen-bond donors (Lipinski definition) is 1. The molecule has 0 spiro atoms. The fourth-order valence-electron chi connectivity index (χ4n) is 0.970. The Bertz CT molecular complexity index is 432. The van der Waals surface area contributed by atoms with Gasteiger partial charge in [0.1, 0.15) is 11.9 Å². The van der Waals surface area contributed by atoms with Crippen LogP contribution in [-0.2, 0) is 4.79 Å². The van der Waals surface area contributed by atoms with Crippen LogP contribution in [0.2, 0.25) is 0 Å². The largest absolute Gasteiger partial charge is 0.366 e. The van der Waals surface area contributed by atoms with Gasteiger partial charge in [-0.25, -0.2) is 4.39 Å². The van der Waals surface area contributed by atoms with Crippen molar-refractivity contribution in [1.82, 2.24) is 0 Å². The highest BCUT2D eigenvalue weighted by atomic mass is 19.1. The zero-order valence-corrected chi connectivity index (χ0v) is 7.20. The van der Waals surface area contributed by atoms with Crippen LogP contribution in [-0.4, -0.2) is 5.91 Å². The first-order chi connectivity index (χ1) is 6.65. The highest BCUT2D eigenvalue weighted by Gasteiger charge is 2.04. The average Bonchev–Trinajstić information content (AvgIpc) is 2.14. The molecule has 3 nitrogen and oxygen atoms in total. The average molecular weight is 190 g/mol. The van der Waals surface area contributed by atoms with Gasteiger partial charge in [-0.05, 0) is 17.7 Å². The minimum Gasteiger partial charge on any atom is -0.366 e. The van der Waals surface area contributed by atoms with Gasteiger partial charge < -0.3 is 5.73 Å². The molecule has 70 valence electrons. The number of nitrogens with two attached hydrogens (primary N) is 1. The van der Waals surface area contributed by atoms with Crippen molar-refractivity contribution in [3.05, 3.63) is 41.2 Å². The summed E-state index contributed by atoms with van der Waals surface area (Å²) in [5, 5.41) is 8.62. The minimum absolute atomic E-state index is 0.0926. The summed E-state index contributed by atoms with van der Waals surface area (Å²) in [5.41, 5.74) is 5.11. The highest BCUT2D eigenvalue weighted by molar-refractivity contribution is 5.90. The molecule has 1 rings (SSSR count). The summed E-state index contributed by atoms with van der Waals surface area (Å²) >= 11 is 0. The summed E-state index contributed by atoms with van der Waals surface area (Å²) < 4.78 is 13.0. The van der Waals surface area contributed by atoms with Crippen LogP contribution >= 0.6 is 0 Å². The van der Waals surface area contributed by atoms with E-state index in [0.717, 1.165) is 6.08 Å².